The Balaban J connectivity index is 5.31. The maximum absolute atomic E-state index is 2.53. The molecule has 2 heteroatoms. The van der Waals surface area contributed by atoms with Crippen LogP contribution in [0.3, 0.4) is 0 Å². The predicted octanol–water partition coefficient (Wildman–Crippen LogP) is 6.25. The van der Waals surface area contributed by atoms with E-state index in [4.69, 9.17) is 0 Å². The first kappa shape index (κ1) is 18.0. The molecule has 0 heterocycles. The van der Waals surface area contributed by atoms with Gasteiger partial charge in [0.25, 0.3) is 0 Å². The molecule has 0 fully saturated rings. The quantitative estimate of drug-likeness (QED) is 0.402. The van der Waals surface area contributed by atoms with Gasteiger partial charge in [-0.25, -0.2) is 0 Å². The van der Waals surface area contributed by atoms with Crippen molar-refractivity contribution in [3.8, 4) is 0 Å². The SMILES string of the molecule is CC[CH2][Sn]([CH2]CC)([CH2]CC)[Si](CC)(CC)CC. The van der Waals surface area contributed by atoms with Crippen LogP contribution in [0.1, 0.15) is 60.8 Å². The summed E-state index contributed by atoms with van der Waals surface area (Å²) in [5.41, 5.74) is -0.850. The van der Waals surface area contributed by atoms with Gasteiger partial charge in [-0.2, -0.15) is 0 Å². The number of hydrogen-bond donors (Lipinski definition) is 0. The summed E-state index contributed by atoms with van der Waals surface area (Å²) < 4.78 is 5.12. The second kappa shape index (κ2) is 9.00. The molecule has 0 aliphatic rings. The molecular weight excluding hydrogens is 327 g/mol. The Morgan fingerprint density at radius 3 is 1.06 bits per heavy atom. The Hall–Kier alpha value is 1.02. The van der Waals surface area contributed by atoms with Crippen LogP contribution in [0.15, 0.2) is 0 Å². The van der Waals surface area contributed by atoms with Gasteiger partial charge in [-0.1, -0.05) is 0 Å². The van der Waals surface area contributed by atoms with Crippen molar-refractivity contribution in [2.45, 2.75) is 92.2 Å². The van der Waals surface area contributed by atoms with Gasteiger partial charge in [0.1, 0.15) is 0 Å². The molecule has 0 nitrogen and oxygen atoms in total. The van der Waals surface area contributed by atoms with E-state index in [-0.39, 0.29) is 0 Å². The first-order chi connectivity index (χ1) is 8.11. The Morgan fingerprint density at radius 1 is 0.588 bits per heavy atom. The monoisotopic (exact) mass is 364 g/mol. The van der Waals surface area contributed by atoms with E-state index in [2.05, 4.69) is 41.5 Å². The van der Waals surface area contributed by atoms with Crippen molar-refractivity contribution < 1.29 is 0 Å². The van der Waals surface area contributed by atoms with Gasteiger partial charge >= 0.3 is 115 Å². The van der Waals surface area contributed by atoms with Crippen LogP contribution in [0.4, 0.5) is 0 Å². The van der Waals surface area contributed by atoms with E-state index in [0.717, 1.165) is 0 Å². The standard InChI is InChI=1S/C6H15Si.3C3H7.Sn/c1-4-7(5-2)6-3;3*1-3-2;/h4-6H2,1-3H3;3*1,3H2,2H3;. The third-order valence-corrected chi connectivity index (χ3v) is 57.5. The van der Waals surface area contributed by atoms with Crippen molar-refractivity contribution in [1.29, 1.82) is 0 Å². The van der Waals surface area contributed by atoms with Crippen molar-refractivity contribution in [3.63, 3.8) is 0 Å². The fraction of sp³-hybridized carbons (Fsp3) is 1.00. The normalized spacial score (nSPS) is 13.1. The average Bonchev–Trinajstić information content (AvgIpc) is 2.33. The first-order valence-corrected chi connectivity index (χ1v) is 21.1. The molecule has 0 radical (unpaired) electrons. The average molecular weight is 363 g/mol. The van der Waals surface area contributed by atoms with Crippen LogP contribution < -0.4 is 0 Å². The Bertz CT molecular complexity index is 162. The first-order valence-electron chi connectivity index (χ1n) is 8.11. The van der Waals surface area contributed by atoms with E-state index < -0.39 is 23.2 Å². The van der Waals surface area contributed by atoms with Gasteiger partial charge in [-0.3, -0.25) is 0 Å². The topological polar surface area (TPSA) is 0 Å². The van der Waals surface area contributed by atoms with Gasteiger partial charge in [-0.15, -0.1) is 0 Å². The summed E-state index contributed by atoms with van der Waals surface area (Å²) in [4.78, 5) is 0. The van der Waals surface area contributed by atoms with Gasteiger partial charge in [0.2, 0.25) is 0 Å². The van der Waals surface area contributed by atoms with Crippen LogP contribution in [-0.2, 0) is 0 Å². The number of rotatable bonds is 10. The molecule has 0 amide bonds. The molecule has 0 unspecified atom stereocenters. The van der Waals surface area contributed by atoms with Crippen LogP contribution in [0.2, 0.25) is 31.4 Å². The summed E-state index contributed by atoms with van der Waals surface area (Å²) in [7, 11) is 0. The van der Waals surface area contributed by atoms with E-state index in [1.54, 1.807) is 31.4 Å². The molecule has 0 aromatic rings. The molecule has 0 spiro atoms. The minimum absolute atomic E-state index is 0.850. The van der Waals surface area contributed by atoms with E-state index in [1.165, 1.54) is 19.3 Å². The van der Waals surface area contributed by atoms with E-state index in [9.17, 15) is 0 Å². The zero-order valence-electron chi connectivity index (χ0n) is 13.4. The van der Waals surface area contributed by atoms with Crippen LogP contribution in [0.5, 0.6) is 0 Å². The van der Waals surface area contributed by atoms with E-state index in [0.29, 0.717) is 0 Å². The molecular formula is C15H36SiSn. The zero-order valence-corrected chi connectivity index (χ0v) is 17.2. The molecule has 0 aliphatic heterocycles. The molecule has 0 saturated heterocycles. The van der Waals surface area contributed by atoms with E-state index >= 15 is 0 Å². The molecule has 104 valence electrons. The molecule has 0 bridgehead atoms. The van der Waals surface area contributed by atoms with Crippen molar-refractivity contribution >= 4 is 23.2 Å². The molecule has 0 N–H and O–H groups in total. The number of hydrogen-bond acceptors (Lipinski definition) is 0. The second-order valence-electron chi connectivity index (χ2n) is 5.87. The molecule has 0 aromatic heterocycles. The van der Waals surface area contributed by atoms with Crippen LogP contribution >= 0.6 is 0 Å². The summed E-state index contributed by atoms with van der Waals surface area (Å²) in [6.07, 6.45) is 4.43. The van der Waals surface area contributed by atoms with Crippen molar-refractivity contribution in [3.05, 3.63) is 0 Å². The molecule has 0 atom stereocenters. The summed E-state index contributed by atoms with van der Waals surface area (Å²) in [5.74, 6) is 0. The summed E-state index contributed by atoms with van der Waals surface area (Å²) in [5, 5.41) is 0. The van der Waals surface area contributed by atoms with Crippen molar-refractivity contribution in [2.24, 2.45) is 0 Å². The van der Waals surface area contributed by atoms with Crippen LogP contribution in [0.25, 0.3) is 0 Å². The summed E-state index contributed by atoms with van der Waals surface area (Å²) >= 11 is -1.80. The summed E-state index contributed by atoms with van der Waals surface area (Å²) in [6, 6.07) is 4.78. The third kappa shape index (κ3) is 3.99. The Morgan fingerprint density at radius 2 is 0.882 bits per heavy atom. The van der Waals surface area contributed by atoms with Gasteiger partial charge in [0.05, 0.1) is 0 Å². The second-order valence-corrected chi connectivity index (χ2v) is 38.3. The minimum atomic E-state index is -1.80. The fourth-order valence-electron chi connectivity index (χ4n) is 4.48. The molecule has 0 aliphatic carbocycles. The third-order valence-electron chi connectivity index (χ3n) is 5.34. The molecule has 0 saturated carbocycles. The Kier molecular flexibility index (Phi) is 9.54. The van der Waals surface area contributed by atoms with Crippen molar-refractivity contribution in [1.82, 2.24) is 0 Å². The molecule has 0 aromatic carbocycles. The van der Waals surface area contributed by atoms with Gasteiger partial charge in [0, 0.05) is 0 Å². The fourth-order valence-corrected chi connectivity index (χ4v) is 58.1. The molecule has 0 rings (SSSR count). The summed E-state index contributed by atoms with van der Waals surface area (Å²) in [6.45, 7) is 14.9. The van der Waals surface area contributed by atoms with Crippen LogP contribution in [-0.4, -0.2) is 23.2 Å². The zero-order chi connectivity index (χ0) is 13.4. The molecule has 17 heavy (non-hydrogen) atoms. The Labute approximate surface area is 115 Å². The maximum atomic E-state index is 2.53. The predicted molar refractivity (Wildman–Crippen MR) is 88.2 cm³/mol. The van der Waals surface area contributed by atoms with E-state index in [1.807, 2.05) is 0 Å². The van der Waals surface area contributed by atoms with Gasteiger partial charge in [-0.05, 0) is 0 Å². The van der Waals surface area contributed by atoms with Crippen LogP contribution in [0, 0.1) is 0 Å². The van der Waals surface area contributed by atoms with Gasteiger partial charge < -0.3 is 0 Å². The van der Waals surface area contributed by atoms with Gasteiger partial charge in [0.15, 0.2) is 0 Å². The van der Waals surface area contributed by atoms with Crippen molar-refractivity contribution in [2.75, 3.05) is 0 Å².